The van der Waals surface area contributed by atoms with Gasteiger partial charge in [0.15, 0.2) is 0 Å². The van der Waals surface area contributed by atoms with Crippen molar-refractivity contribution < 1.29 is 33.4 Å². The molecule has 0 bridgehead atoms. The van der Waals surface area contributed by atoms with E-state index in [1.165, 1.54) is 24.3 Å². The number of ether oxygens (including phenoxy) is 3. The van der Waals surface area contributed by atoms with E-state index in [1.807, 2.05) is 6.92 Å². The van der Waals surface area contributed by atoms with Crippen LogP contribution < -0.4 is 4.74 Å². The maximum absolute atomic E-state index is 11.7. The van der Waals surface area contributed by atoms with Gasteiger partial charge in [0.05, 0.1) is 26.1 Å². The zero-order valence-corrected chi connectivity index (χ0v) is 16.1. The van der Waals surface area contributed by atoms with E-state index in [-0.39, 0.29) is 25.4 Å². The maximum atomic E-state index is 11.7. The summed E-state index contributed by atoms with van der Waals surface area (Å²) in [5.74, 6) is -0.949. The van der Waals surface area contributed by atoms with E-state index in [1.54, 1.807) is 0 Å². The normalized spacial score (nSPS) is 11.2. The molecule has 0 heterocycles. The fourth-order valence-corrected chi connectivity index (χ4v) is 2.22. The number of carbonyl (C=O) groups is 4. The lowest BCUT2D eigenvalue weighted by atomic mass is 10.1. The van der Waals surface area contributed by atoms with Crippen LogP contribution in [0.3, 0.4) is 0 Å². The van der Waals surface area contributed by atoms with Gasteiger partial charge in [0.1, 0.15) is 12.0 Å². The van der Waals surface area contributed by atoms with Gasteiger partial charge in [-0.1, -0.05) is 13.5 Å². The average molecular weight is 390 g/mol. The molecule has 152 valence electrons. The van der Waals surface area contributed by atoms with Crippen LogP contribution in [0.4, 0.5) is 0 Å². The predicted molar refractivity (Wildman–Crippen MR) is 102 cm³/mol. The van der Waals surface area contributed by atoms with E-state index >= 15 is 0 Å². The Hall–Kier alpha value is -2.96. The van der Waals surface area contributed by atoms with Gasteiger partial charge < -0.3 is 14.2 Å². The molecule has 0 spiro atoms. The van der Waals surface area contributed by atoms with E-state index in [9.17, 15) is 19.2 Å². The Bertz CT molecular complexity index is 664. The first kappa shape index (κ1) is 23.1. The summed E-state index contributed by atoms with van der Waals surface area (Å²) in [7, 11) is 0. The van der Waals surface area contributed by atoms with Crippen LogP contribution >= 0.6 is 0 Å². The first-order valence-corrected chi connectivity index (χ1v) is 9.15. The fraction of sp³-hybridized carbons (Fsp3) is 0.429. The molecule has 0 fully saturated rings. The second kappa shape index (κ2) is 13.2. The summed E-state index contributed by atoms with van der Waals surface area (Å²) in [6.07, 6.45) is 4.09. The molecule has 28 heavy (non-hydrogen) atoms. The molecule has 1 aromatic rings. The van der Waals surface area contributed by atoms with Crippen LogP contribution in [0.5, 0.6) is 5.75 Å². The number of carbonyl (C=O) groups excluding carboxylic acids is 4. The third kappa shape index (κ3) is 10.3. The standard InChI is InChI=1S/C21H26O7/c1-3-19(23)26-13-5-4-6-16(2)15-27-20(24)11-12-21(25)28-18-9-7-17(14-22)8-10-18/h3,7-10,14,16H,1,4-6,11-13,15H2,2H3. The van der Waals surface area contributed by atoms with E-state index in [0.717, 1.165) is 25.3 Å². The summed E-state index contributed by atoms with van der Waals surface area (Å²) in [6, 6.07) is 6.10. The van der Waals surface area contributed by atoms with Gasteiger partial charge in [0, 0.05) is 11.6 Å². The minimum atomic E-state index is -0.544. The van der Waals surface area contributed by atoms with Gasteiger partial charge in [0.2, 0.25) is 0 Å². The van der Waals surface area contributed by atoms with Gasteiger partial charge >= 0.3 is 17.9 Å². The number of hydrogen-bond acceptors (Lipinski definition) is 7. The second-order valence-electron chi connectivity index (χ2n) is 6.32. The monoisotopic (exact) mass is 390 g/mol. The molecule has 0 N–H and O–H groups in total. The Balaban J connectivity index is 2.13. The maximum Gasteiger partial charge on any atom is 0.330 e. The van der Waals surface area contributed by atoms with Crippen molar-refractivity contribution in [3.8, 4) is 5.75 Å². The molecule has 0 radical (unpaired) electrons. The largest absolute Gasteiger partial charge is 0.465 e. The van der Waals surface area contributed by atoms with Gasteiger partial charge in [-0.15, -0.1) is 0 Å². The van der Waals surface area contributed by atoms with Crippen LogP contribution in [0.25, 0.3) is 0 Å². The van der Waals surface area contributed by atoms with Gasteiger partial charge in [-0.05, 0) is 49.4 Å². The number of benzene rings is 1. The topological polar surface area (TPSA) is 96.0 Å². The average Bonchev–Trinajstić information content (AvgIpc) is 2.70. The van der Waals surface area contributed by atoms with Crippen LogP contribution in [-0.4, -0.2) is 37.4 Å². The Morgan fingerprint density at radius 1 is 1.04 bits per heavy atom. The molecule has 1 aromatic carbocycles. The van der Waals surface area contributed by atoms with Crippen LogP contribution in [0, 0.1) is 5.92 Å². The molecule has 0 aliphatic rings. The Morgan fingerprint density at radius 3 is 2.36 bits per heavy atom. The molecule has 1 unspecified atom stereocenters. The summed E-state index contributed by atoms with van der Waals surface area (Å²) in [5.41, 5.74) is 0.482. The van der Waals surface area contributed by atoms with Crippen molar-refractivity contribution in [3.63, 3.8) is 0 Å². The Morgan fingerprint density at radius 2 is 1.71 bits per heavy atom. The highest BCUT2D eigenvalue weighted by molar-refractivity contribution is 5.81. The minimum absolute atomic E-state index is 0.0600. The molecule has 7 heteroatoms. The molecule has 1 atom stereocenters. The van der Waals surface area contributed by atoms with E-state index in [0.29, 0.717) is 24.2 Å². The van der Waals surface area contributed by atoms with Crippen molar-refractivity contribution >= 4 is 24.2 Å². The van der Waals surface area contributed by atoms with Gasteiger partial charge in [-0.3, -0.25) is 14.4 Å². The first-order chi connectivity index (χ1) is 13.4. The molecule has 1 rings (SSSR count). The molecule has 0 aromatic heterocycles. The van der Waals surface area contributed by atoms with Gasteiger partial charge in [-0.2, -0.15) is 0 Å². The summed E-state index contributed by atoms with van der Waals surface area (Å²) < 4.78 is 15.1. The summed E-state index contributed by atoms with van der Waals surface area (Å²) in [4.78, 5) is 44.9. The van der Waals surface area contributed by atoms with Gasteiger partial charge in [0.25, 0.3) is 0 Å². The highest BCUT2D eigenvalue weighted by Crippen LogP contribution is 2.13. The number of aldehydes is 1. The SMILES string of the molecule is C=CC(=O)OCCCCC(C)COC(=O)CCC(=O)Oc1ccc(C=O)cc1. The molecular formula is C21H26O7. The zero-order chi connectivity index (χ0) is 20.8. The highest BCUT2D eigenvalue weighted by atomic mass is 16.5. The fourth-order valence-electron chi connectivity index (χ4n) is 2.22. The van der Waals surface area contributed by atoms with Crippen molar-refractivity contribution in [2.45, 2.75) is 39.0 Å². The number of rotatable bonds is 13. The van der Waals surface area contributed by atoms with Crippen molar-refractivity contribution in [2.75, 3.05) is 13.2 Å². The molecule has 0 aliphatic carbocycles. The smallest absolute Gasteiger partial charge is 0.330 e. The zero-order valence-electron chi connectivity index (χ0n) is 16.1. The first-order valence-electron chi connectivity index (χ1n) is 9.15. The van der Waals surface area contributed by atoms with E-state index in [4.69, 9.17) is 14.2 Å². The minimum Gasteiger partial charge on any atom is -0.465 e. The summed E-state index contributed by atoms with van der Waals surface area (Å²) in [6.45, 7) is 5.89. The lowest BCUT2D eigenvalue weighted by Crippen LogP contribution is -2.15. The summed E-state index contributed by atoms with van der Waals surface area (Å²) >= 11 is 0. The van der Waals surface area contributed by atoms with Crippen LogP contribution in [0.1, 0.15) is 49.4 Å². The van der Waals surface area contributed by atoms with E-state index in [2.05, 4.69) is 6.58 Å². The van der Waals surface area contributed by atoms with Crippen molar-refractivity contribution in [1.82, 2.24) is 0 Å². The van der Waals surface area contributed by atoms with Crippen molar-refractivity contribution in [1.29, 1.82) is 0 Å². The van der Waals surface area contributed by atoms with Gasteiger partial charge in [-0.25, -0.2) is 4.79 Å². The van der Waals surface area contributed by atoms with Crippen molar-refractivity contribution in [2.24, 2.45) is 5.92 Å². The highest BCUT2D eigenvalue weighted by Gasteiger charge is 2.12. The molecule has 7 nitrogen and oxygen atoms in total. The molecule has 0 aliphatic heterocycles. The van der Waals surface area contributed by atoms with Crippen LogP contribution in [0.15, 0.2) is 36.9 Å². The molecular weight excluding hydrogens is 364 g/mol. The number of hydrogen-bond donors (Lipinski definition) is 0. The Kier molecular flexibility index (Phi) is 10.9. The van der Waals surface area contributed by atoms with E-state index < -0.39 is 17.9 Å². The summed E-state index contributed by atoms with van der Waals surface area (Å²) in [5, 5.41) is 0. The third-order valence-corrected chi connectivity index (χ3v) is 3.81. The van der Waals surface area contributed by atoms with Crippen molar-refractivity contribution in [3.05, 3.63) is 42.5 Å². The quantitative estimate of drug-likeness (QED) is 0.168. The van der Waals surface area contributed by atoms with Crippen LogP contribution in [-0.2, 0) is 23.9 Å². The third-order valence-electron chi connectivity index (χ3n) is 3.81. The molecule has 0 saturated heterocycles. The number of esters is 3. The second-order valence-corrected chi connectivity index (χ2v) is 6.32. The van der Waals surface area contributed by atoms with Crippen LogP contribution in [0.2, 0.25) is 0 Å². The lowest BCUT2D eigenvalue weighted by Gasteiger charge is -2.12. The molecule has 0 saturated carbocycles. The predicted octanol–water partition coefficient (Wildman–Crippen LogP) is 3.26. The Labute approximate surface area is 164 Å². The lowest BCUT2D eigenvalue weighted by molar-refractivity contribution is -0.148. The number of unbranched alkanes of at least 4 members (excludes halogenated alkanes) is 1. The molecule has 0 amide bonds.